The minimum atomic E-state index is -0.443. The average Bonchev–Trinajstić information content (AvgIpc) is 2.36. The molecule has 0 saturated heterocycles. The van der Waals surface area contributed by atoms with Gasteiger partial charge in [0, 0.05) is 12.6 Å². The van der Waals surface area contributed by atoms with Crippen molar-refractivity contribution in [3.8, 4) is 0 Å². The van der Waals surface area contributed by atoms with Crippen LogP contribution in [0.3, 0.4) is 0 Å². The molecule has 0 radical (unpaired) electrons. The van der Waals surface area contributed by atoms with Crippen molar-refractivity contribution in [3.05, 3.63) is 55.1 Å². The van der Waals surface area contributed by atoms with E-state index in [1.807, 2.05) is 18.2 Å². The lowest BCUT2D eigenvalue weighted by Gasteiger charge is -2.14. The SMILES string of the molecule is C=CC(=O)N(C)C(=O)C(=C)c1ccccc1. The van der Waals surface area contributed by atoms with Crippen molar-refractivity contribution in [3.63, 3.8) is 0 Å². The lowest BCUT2D eigenvalue weighted by Crippen LogP contribution is -2.32. The Balaban J connectivity index is 2.88. The molecule has 2 amide bonds. The minimum absolute atomic E-state index is 0.290. The topological polar surface area (TPSA) is 37.4 Å². The number of carbonyl (C=O) groups excluding carboxylic acids is 2. The van der Waals surface area contributed by atoms with Crippen LogP contribution in [0.1, 0.15) is 5.56 Å². The van der Waals surface area contributed by atoms with E-state index in [2.05, 4.69) is 13.2 Å². The molecule has 82 valence electrons. The molecule has 3 heteroatoms. The number of likely N-dealkylation sites (N-methyl/N-ethyl adjacent to an activating group) is 1. The van der Waals surface area contributed by atoms with Gasteiger partial charge in [-0.2, -0.15) is 0 Å². The summed E-state index contributed by atoms with van der Waals surface area (Å²) in [6.07, 6.45) is 1.09. The summed E-state index contributed by atoms with van der Waals surface area (Å²) in [5.41, 5.74) is 0.995. The molecule has 0 aromatic heterocycles. The first-order valence-corrected chi connectivity index (χ1v) is 4.76. The summed E-state index contributed by atoms with van der Waals surface area (Å²) in [6, 6.07) is 9.00. The molecule has 1 aromatic carbocycles. The zero-order valence-corrected chi connectivity index (χ0v) is 9.14. The summed E-state index contributed by atoms with van der Waals surface area (Å²) in [5, 5.41) is 0. The highest BCUT2D eigenvalue weighted by atomic mass is 16.2. The Morgan fingerprint density at radius 1 is 1.25 bits per heavy atom. The zero-order chi connectivity index (χ0) is 12.1. The molecule has 16 heavy (non-hydrogen) atoms. The number of rotatable bonds is 3. The van der Waals surface area contributed by atoms with Crippen LogP contribution < -0.4 is 0 Å². The van der Waals surface area contributed by atoms with Crippen LogP contribution in [0.5, 0.6) is 0 Å². The minimum Gasteiger partial charge on any atom is -0.278 e. The van der Waals surface area contributed by atoms with E-state index < -0.39 is 11.8 Å². The van der Waals surface area contributed by atoms with E-state index in [0.29, 0.717) is 11.1 Å². The van der Waals surface area contributed by atoms with Crippen molar-refractivity contribution in [2.45, 2.75) is 0 Å². The van der Waals surface area contributed by atoms with Crippen molar-refractivity contribution in [2.24, 2.45) is 0 Å². The summed E-state index contributed by atoms with van der Waals surface area (Å²) < 4.78 is 0. The second-order valence-corrected chi connectivity index (χ2v) is 3.25. The van der Waals surface area contributed by atoms with Gasteiger partial charge in [0.25, 0.3) is 11.8 Å². The van der Waals surface area contributed by atoms with Gasteiger partial charge in [0.05, 0.1) is 0 Å². The number of imide groups is 1. The Bertz CT molecular complexity index is 435. The van der Waals surface area contributed by atoms with Gasteiger partial charge in [0.2, 0.25) is 0 Å². The third-order valence-electron chi connectivity index (χ3n) is 2.19. The van der Waals surface area contributed by atoms with Crippen LogP contribution >= 0.6 is 0 Å². The first kappa shape index (κ1) is 11.9. The number of benzene rings is 1. The van der Waals surface area contributed by atoms with Gasteiger partial charge >= 0.3 is 0 Å². The molecular weight excluding hydrogens is 202 g/mol. The maximum atomic E-state index is 11.8. The normalized spacial score (nSPS) is 9.31. The van der Waals surface area contributed by atoms with Gasteiger partial charge in [-0.25, -0.2) is 0 Å². The van der Waals surface area contributed by atoms with Crippen LogP contribution in [0.15, 0.2) is 49.6 Å². The molecule has 0 unspecified atom stereocenters. The highest BCUT2D eigenvalue weighted by Crippen LogP contribution is 2.14. The zero-order valence-electron chi connectivity index (χ0n) is 9.14. The Morgan fingerprint density at radius 2 is 1.81 bits per heavy atom. The average molecular weight is 215 g/mol. The maximum Gasteiger partial charge on any atom is 0.260 e. The molecule has 0 fully saturated rings. The molecule has 1 aromatic rings. The van der Waals surface area contributed by atoms with E-state index in [9.17, 15) is 9.59 Å². The van der Waals surface area contributed by atoms with Crippen molar-refractivity contribution >= 4 is 17.4 Å². The summed E-state index contributed by atoms with van der Waals surface area (Å²) in [6.45, 7) is 7.01. The molecule has 0 spiro atoms. The van der Waals surface area contributed by atoms with Crippen LogP contribution in [0.2, 0.25) is 0 Å². The Hall–Kier alpha value is -2.16. The third-order valence-corrected chi connectivity index (χ3v) is 2.19. The third kappa shape index (κ3) is 2.45. The van der Waals surface area contributed by atoms with Gasteiger partial charge < -0.3 is 0 Å². The largest absolute Gasteiger partial charge is 0.278 e. The fourth-order valence-corrected chi connectivity index (χ4v) is 1.20. The molecule has 0 bridgehead atoms. The lowest BCUT2D eigenvalue weighted by atomic mass is 10.1. The number of hydrogen-bond donors (Lipinski definition) is 0. The molecular formula is C13H13NO2. The quantitative estimate of drug-likeness (QED) is 0.722. The standard InChI is InChI=1S/C13H13NO2/c1-4-12(15)14(3)13(16)10(2)11-8-6-5-7-9-11/h4-9H,1-2H2,3H3. The molecule has 0 aliphatic carbocycles. The summed E-state index contributed by atoms with van der Waals surface area (Å²) in [7, 11) is 1.40. The smallest absolute Gasteiger partial charge is 0.260 e. The van der Waals surface area contributed by atoms with Gasteiger partial charge in [0.15, 0.2) is 0 Å². The predicted octanol–water partition coefficient (Wildman–Crippen LogP) is 1.87. The Kier molecular flexibility index (Phi) is 3.78. The molecule has 1 rings (SSSR count). The van der Waals surface area contributed by atoms with E-state index in [4.69, 9.17) is 0 Å². The molecule has 0 heterocycles. The molecule has 0 saturated carbocycles. The van der Waals surface area contributed by atoms with Gasteiger partial charge in [-0.3, -0.25) is 14.5 Å². The van der Waals surface area contributed by atoms with E-state index in [1.54, 1.807) is 12.1 Å². The van der Waals surface area contributed by atoms with E-state index >= 15 is 0 Å². The van der Waals surface area contributed by atoms with Gasteiger partial charge in [-0.15, -0.1) is 0 Å². The first-order valence-electron chi connectivity index (χ1n) is 4.76. The highest BCUT2D eigenvalue weighted by Gasteiger charge is 2.17. The van der Waals surface area contributed by atoms with Gasteiger partial charge in [-0.05, 0) is 11.6 Å². The second-order valence-electron chi connectivity index (χ2n) is 3.25. The van der Waals surface area contributed by atoms with Gasteiger partial charge in [-0.1, -0.05) is 43.5 Å². The van der Waals surface area contributed by atoms with Crippen molar-refractivity contribution in [2.75, 3.05) is 7.05 Å². The Labute approximate surface area is 94.7 Å². The maximum absolute atomic E-state index is 11.8. The Morgan fingerprint density at radius 3 is 2.31 bits per heavy atom. The second kappa shape index (κ2) is 5.07. The fourth-order valence-electron chi connectivity index (χ4n) is 1.20. The van der Waals surface area contributed by atoms with Gasteiger partial charge in [0.1, 0.15) is 0 Å². The van der Waals surface area contributed by atoms with Crippen LogP contribution in [-0.4, -0.2) is 23.8 Å². The highest BCUT2D eigenvalue weighted by molar-refractivity contribution is 6.23. The monoisotopic (exact) mass is 215 g/mol. The summed E-state index contributed by atoms with van der Waals surface area (Å²) >= 11 is 0. The number of hydrogen-bond acceptors (Lipinski definition) is 2. The summed E-state index contributed by atoms with van der Waals surface area (Å²) in [5.74, 6) is -0.863. The van der Waals surface area contributed by atoms with E-state index in [1.165, 1.54) is 7.05 Å². The van der Waals surface area contributed by atoms with Crippen LogP contribution in [0.25, 0.3) is 5.57 Å². The van der Waals surface area contributed by atoms with E-state index in [-0.39, 0.29) is 0 Å². The number of carbonyl (C=O) groups is 2. The van der Waals surface area contributed by atoms with Crippen LogP contribution in [-0.2, 0) is 9.59 Å². The molecule has 0 atom stereocenters. The predicted molar refractivity (Wildman–Crippen MR) is 63.5 cm³/mol. The van der Waals surface area contributed by atoms with E-state index in [0.717, 1.165) is 11.0 Å². The van der Waals surface area contributed by atoms with Crippen LogP contribution in [0.4, 0.5) is 0 Å². The lowest BCUT2D eigenvalue weighted by molar-refractivity contribution is -0.136. The molecule has 3 nitrogen and oxygen atoms in total. The first-order chi connectivity index (χ1) is 7.57. The van der Waals surface area contributed by atoms with Crippen LogP contribution in [0, 0.1) is 0 Å². The van der Waals surface area contributed by atoms with Crippen molar-refractivity contribution in [1.82, 2.24) is 4.90 Å². The number of amides is 2. The fraction of sp³-hybridized carbons (Fsp3) is 0.0769. The number of nitrogens with zero attached hydrogens (tertiary/aromatic N) is 1. The van der Waals surface area contributed by atoms with Crippen molar-refractivity contribution < 1.29 is 9.59 Å². The van der Waals surface area contributed by atoms with Crippen molar-refractivity contribution in [1.29, 1.82) is 0 Å². The summed E-state index contributed by atoms with van der Waals surface area (Å²) in [4.78, 5) is 24.0. The molecule has 0 aliphatic rings. The molecule has 0 N–H and O–H groups in total. The molecule has 0 aliphatic heterocycles.